The van der Waals surface area contributed by atoms with Crippen molar-refractivity contribution in [2.75, 3.05) is 11.9 Å². The van der Waals surface area contributed by atoms with Gasteiger partial charge in [-0.2, -0.15) is 0 Å². The zero-order valence-electron chi connectivity index (χ0n) is 8.37. The summed E-state index contributed by atoms with van der Waals surface area (Å²) in [7, 11) is 0. The van der Waals surface area contributed by atoms with Gasteiger partial charge in [0.25, 0.3) is 0 Å². The monoisotopic (exact) mass is 214 g/mol. The Hall–Kier alpha value is -0.800. The Morgan fingerprint density at radius 2 is 2.21 bits per heavy atom. The van der Waals surface area contributed by atoms with Crippen LogP contribution in [0.15, 0.2) is 18.3 Å². The highest BCUT2D eigenvalue weighted by molar-refractivity contribution is 6.30. The molecule has 1 aromatic heterocycles. The van der Waals surface area contributed by atoms with E-state index in [4.69, 9.17) is 11.6 Å². The van der Waals surface area contributed by atoms with E-state index in [-0.39, 0.29) is 12.0 Å². The molecule has 1 atom stereocenters. The van der Waals surface area contributed by atoms with E-state index in [1.54, 1.807) is 18.3 Å². The zero-order chi connectivity index (χ0) is 10.6. The van der Waals surface area contributed by atoms with Crippen LogP contribution < -0.4 is 5.32 Å². The molecule has 0 aliphatic carbocycles. The maximum atomic E-state index is 9.53. The van der Waals surface area contributed by atoms with Crippen molar-refractivity contribution in [2.24, 2.45) is 5.92 Å². The highest BCUT2D eigenvalue weighted by Crippen LogP contribution is 2.10. The lowest BCUT2D eigenvalue weighted by Crippen LogP contribution is -2.24. The van der Waals surface area contributed by atoms with Gasteiger partial charge >= 0.3 is 0 Å². The first-order chi connectivity index (χ1) is 6.59. The first-order valence-corrected chi connectivity index (χ1v) is 5.01. The summed E-state index contributed by atoms with van der Waals surface area (Å²) in [5, 5.41) is 13.2. The SMILES string of the molecule is CC(C)C(O)CNc1ccc(Cl)cn1. The third kappa shape index (κ3) is 3.52. The number of hydrogen-bond donors (Lipinski definition) is 2. The predicted octanol–water partition coefficient (Wildman–Crippen LogP) is 2.16. The quantitative estimate of drug-likeness (QED) is 0.808. The lowest BCUT2D eigenvalue weighted by molar-refractivity contribution is 0.138. The molecule has 4 heteroatoms. The van der Waals surface area contributed by atoms with E-state index < -0.39 is 0 Å². The average Bonchev–Trinajstić information content (AvgIpc) is 2.16. The fourth-order valence-electron chi connectivity index (χ4n) is 0.925. The van der Waals surface area contributed by atoms with E-state index in [0.717, 1.165) is 5.82 Å². The summed E-state index contributed by atoms with van der Waals surface area (Å²) in [4.78, 5) is 4.06. The Morgan fingerprint density at radius 1 is 1.50 bits per heavy atom. The number of hydrogen-bond acceptors (Lipinski definition) is 3. The average molecular weight is 215 g/mol. The second-order valence-electron chi connectivity index (χ2n) is 3.55. The van der Waals surface area contributed by atoms with Gasteiger partial charge in [-0.3, -0.25) is 0 Å². The van der Waals surface area contributed by atoms with Crippen molar-refractivity contribution in [3.63, 3.8) is 0 Å². The molecule has 2 N–H and O–H groups in total. The molecule has 1 aromatic rings. The molecule has 78 valence electrons. The fraction of sp³-hybridized carbons (Fsp3) is 0.500. The van der Waals surface area contributed by atoms with Gasteiger partial charge in [0.1, 0.15) is 5.82 Å². The second kappa shape index (κ2) is 5.17. The van der Waals surface area contributed by atoms with Crippen molar-refractivity contribution in [1.82, 2.24) is 4.98 Å². The number of nitrogens with one attached hydrogen (secondary N) is 1. The van der Waals surface area contributed by atoms with Crippen LogP contribution in [-0.4, -0.2) is 22.7 Å². The number of halogens is 1. The first-order valence-electron chi connectivity index (χ1n) is 4.63. The summed E-state index contributed by atoms with van der Waals surface area (Å²) in [5.74, 6) is 0.976. The minimum absolute atomic E-state index is 0.245. The topological polar surface area (TPSA) is 45.1 Å². The molecule has 1 unspecified atom stereocenters. The van der Waals surface area contributed by atoms with Crippen molar-refractivity contribution >= 4 is 17.4 Å². The van der Waals surface area contributed by atoms with Gasteiger partial charge in [0.05, 0.1) is 11.1 Å². The van der Waals surface area contributed by atoms with E-state index in [0.29, 0.717) is 11.6 Å². The van der Waals surface area contributed by atoms with Gasteiger partial charge in [-0.05, 0) is 18.1 Å². The van der Waals surface area contributed by atoms with Crippen LogP contribution in [0.1, 0.15) is 13.8 Å². The van der Waals surface area contributed by atoms with Crippen LogP contribution in [0.3, 0.4) is 0 Å². The molecule has 0 aliphatic rings. The Kier molecular flexibility index (Phi) is 4.17. The molecule has 0 aliphatic heterocycles. The number of aliphatic hydroxyl groups excluding tert-OH is 1. The fourth-order valence-corrected chi connectivity index (χ4v) is 1.04. The van der Waals surface area contributed by atoms with E-state index >= 15 is 0 Å². The summed E-state index contributed by atoms with van der Waals surface area (Å²) in [6, 6.07) is 3.55. The van der Waals surface area contributed by atoms with E-state index in [2.05, 4.69) is 10.3 Å². The van der Waals surface area contributed by atoms with Crippen LogP contribution in [-0.2, 0) is 0 Å². The highest BCUT2D eigenvalue weighted by atomic mass is 35.5. The van der Waals surface area contributed by atoms with Gasteiger partial charge in [0.2, 0.25) is 0 Å². The normalized spacial score (nSPS) is 12.9. The van der Waals surface area contributed by atoms with Crippen LogP contribution in [0.5, 0.6) is 0 Å². The first kappa shape index (κ1) is 11.3. The number of aromatic nitrogens is 1. The molecular weight excluding hydrogens is 200 g/mol. The zero-order valence-corrected chi connectivity index (χ0v) is 9.12. The molecule has 1 rings (SSSR count). The largest absolute Gasteiger partial charge is 0.391 e. The molecule has 3 nitrogen and oxygen atoms in total. The Morgan fingerprint density at radius 3 is 2.71 bits per heavy atom. The molecule has 0 amide bonds. The van der Waals surface area contributed by atoms with Crippen molar-refractivity contribution < 1.29 is 5.11 Å². The lowest BCUT2D eigenvalue weighted by Gasteiger charge is -2.15. The van der Waals surface area contributed by atoms with Crippen molar-refractivity contribution in [3.8, 4) is 0 Å². The number of aliphatic hydroxyl groups is 1. The second-order valence-corrected chi connectivity index (χ2v) is 3.99. The number of anilines is 1. The number of pyridine rings is 1. The maximum Gasteiger partial charge on any atom is 0.126 e. The van der Waals surface area contributed by atoms with Crippen LogP contribution >= 0.6 is 11.6 Å². The summed E-state index contributed by atoms with van der Waals surface area (Å²) in [5.41, 5.74) is 0. The summed E-state index contributed by atoms with van der Waals surface area (Å²) in [6.45, 7) is 4.45. The van der Waals surface area contributed by atoms with E-state index in [1.165, 1.54) is 0 Å². The third-order valence-corrected chi connectivity index (χ3v) is 2.21. The van der Waals surface area contributed by atoms with Gasteiger partial charge < -0.3 is 10.4 Å². The van der Waals surface area contributed by atoms with Gasteiger partial charge in [-0.25, -0.2) is 4.98 Å². The lowest BCUT2D eigenvalue weighted by atomic mass is 10.1. The van der Waals surface area contributed by atoms with Gasteiger partial charge in [0.15, 0.2) is 0 Å². The van der Waals surface area contributed by atoms with Crippen LogP contribution in [0.4, 0.5) is 5.82 Å². The molecule has 14 heavy (non-hydrogen) atoms. The molecule has 0 aromatic carbocycles. The summed E-state index contributed by atoms with van der Waals surface area (Å²) in [6.07, 6.45) is 1.22. The Bertz CT molecular complexity index is 274. The minimum atomic E-state index is -0.354. The predicted molar refractivity (Wildman–Crippen MR) is 58.6 cm³/mol. The number of rotatable bonds is 4. The van der Waals surface area contributed by atoms with E-state index in [9.17, 15) is 5.11 Å². The Balaban J connectivity index is 2.42. The molecule has 0 radical (unpaired) electrons. The van der Waals surface area contributed by atoms with Crippen LogP contribution in [0, 0.1) is 5.92 Å². The van der Waals surface area contributed by atoms with Crippen molar-refractivity contribution in [3.05, 3.63) is 23.4 Å². The molecular formula is C10H15ClN2O. The Labute approximate surface area is 89.1 Å². The summed E-state index contributed by atoms with van der Waals surface area (Å²) >= 11 is 5.69. The van der Waals surface area contributed by atoms with E-state index in [1.807, 2.05) is 13.8 Å². The van der Waals surface area contributed by atoms with Crippen molar-refractivity contribution in [2.45, 2.75) is 20.0 Å². The van der Waals surface area contributed by atoms with Crippen molar-refractivity contribution in [1.29, 1.82) is 0 Å². The maximum absolute atomic E-state index is 9.53. The van der Waals surface area contributed by atoms with Gasteiger partial charge in [-0.15, -0.1) is 0 Å². The highest BCUT2D eigenvalue weighted by Gasteiger charge is 2.08. The number of nitrogens with zero attached hydrogens (tertiary/aromatic N) is 1. The molecule has 0 spiro atoms. The minimum Gasteiger partial charge on any atom is -0.391 e. The van der Waals surface area contributed by atoms with Crippen LogP contribution in [0.25, 0.3) is 0 Å². The van der Waals surface area contributed by atoms with Crippen LogP contribution in [0.2, 0.25) is 5.02 Å². The van der Waals surface area contributed by atoms with Gasteiger partial charge in [0, 0.05) is 12.7 Å². The molecule has 0 saturated carbocycles. The standard InChI is InChI=1S/C10H15ClN2O/c1-7(2)9(14)6-13-10-4-3-8(11)5-12-10/h3-5,7,9,14H,6H2,1-2H3,(H,12,13). The smallest absolute Gasteiger partial charge is 0.126 e. The molecule has 0 fully saturated rings. The third-order valence-electron chi connectivity index (χ3n) is 1.99. The molecule has 0 saturated heterocycles. The molecule has 0 bridgehead atoms. The summed E-state index contributed by atoms with van der Waals surface area (Å²) < 4.78 is 0. The molecule has 1 heterocycles. The van der Waals surface area contributed by atoms with Gasteiger partial charge in [-0.1, -0.05) is 25.4 Å².